The first-order chi connectivity index (χ1) is 7.81. The number of hydrogen-bond acceptors (Lipinski definition) is 5. The van der Waals surface area contributed by atoms with E-state index in [4.69, 9.17) is 24.4 Å². The van der Waals surface area contributed by atoms with Crippen LogP contribution in [-0.4, -0.2) is 53.9 Å². The van der Waals surface area contributed by atoms with Gasteiger partial charge < -0.3 is 14.0 Å². The third kappa shape index (κ3) is 5.65. The number of carbonyl (C=O) groups is 1. The summed E-state index contributed by atoms with van der Waals surface area (Å²) in [5, 5.41) is 0. The van der Waals surface area contributed by atoms with Crippen LogP contribution in [0.2, 0.25) is 0 Å². The second-order valence-corrected chi connectivity index (χ2v) is 5.04. The summed E-state index contributed by atoms with van der Waals surface area (Å²) in [5.74, 6) is -0.487. The predicted molar refractivity (Wildman–Crippen MR) is 80.4 cm³/mol. The van der Waals surface area contributed by atoms with Crippen LogP contribution in [0.15, 0.2) is 0 Å². The van der Waals surface area contributed by atoms with Gasteiger partial charge in [0.15, 0.2) is 0 Å². The summed E-state index contributed by atoms with van der Waals surface area (Å²) in [6, 6.07) is 0. The molecule has 0 bridgehead atoms. The summed E-state index contributed by atoms with van der Waals surface area (Å²) in [6.45, 7) is 0. The van der Waals surface area contributed by atoms with Crippen molar-refractivity contribution in [2.75, 3.05) is 28.2 Å². The van der Waals surface area contributed by atoms with Crippen molar-refractivity contribution in [3.05, 3.63) is 0 Å². The third-order valence-electron chi connectivity index (χ3n) is 2.22. The van der Waals surface area contributed by atoms with Gasteiger partial charge in [-0.05, 0) is 6.42 Å². The minimum Gasteiger partial charge on any atom is -0.395 e. The number of carbonyl (C=O) groups excluding carboxylic acids is 1. The average molecular weight is 294 g/mol. The SMILES string of the molecule is CN(C)C(=S)C(CCC(=O)OS)C(=S)N(C)C. The lowest BCUT2D eigenvalue weighted by Gasteiger charge is -2.27. The second-order valence-electron chi connectivity index (χ2n) is 4.02. The number of thiol groups is 1. The van der Waals surface area contributed by atoms with E-state index in [0.717, 1.165) is 9.98 Å². The highest BCUT2D eigenvalue weighted by Gasteiger charge is 2.23. The van der Waals surface area contributed by atoms with Gasteiger partial charge in [0.1, 0.15) is 0 Å². The van der Waals surface area contributed by atoms with Crippen LogP contribution in [0.3, 0.4) is 0 Å². The van der Waals surface area contributed by atoms with Crippen molar-refractivity contribution in [3.8, 4) is 0 Å². The zero-order chi connectivity index (χ0) is 13.6. The molecule has 0 saturated carbocycles. The van der Waals surface area contributed by atoms with Gasteiger partial charge in [-0.3, -0.25) is 4.79 Å². The van der Waals surface area contributed by atoms with Crippen molar-refractivity contribution in [3.63, 3.8) is 0 Å². The molecule has 0 aliphatic heterocycles. The van der Waals surface area contributed by atoms with Crippen LogP contribution in [-0.2, 0) is 8.98 Å². The molecule has 0 saturated heterocycles. The highest BCUT2D eigenvalue weighted by molar-refractivity contribution is 7.82. The van der Waals surface area contributed by atoms with Crippen LogP contribution in [0.5, 0.6) is 0 Å². The first-order valence-electron chi connectivity index (χ1n) is 5.07. The summed E-state index contributed by atoms with van der Waals surface area (Å²) in [4.78, 5) is 16.2. The van der Waals surface area contributed by atoms with E-state index in [1.807, 2.05) is 38.0 Å². The van der Waals surface area contributed by atoms with Crippen molar-refractivity contribution in [2.24, 2.45) is 5.92 Å². The van der Waals surface area contributed by atoms with Crippen molar-refractivity contribution < 1.29 is 8.98 Å². The van der Waals surface area contributed by atoms with Gasteiger partial charge >= 0.3 is 5.97 Å². The summed E-state index contributed by atoms with van der Waals surface area (Å²) < 4.78 is 4.32. The zero-order valence-corrected chi connectivity index (χ0v) is 13.0. The lowest BCUT2D eigenvalue weighted by molar-refractivity contribution is -0.133. The van der Waals surface area contributed by atoms with Gasteiger partial charge in [0, 0.05) is 47.5 Å². The molecule has 0 fully saturated rings. The largest absolute Gasteiger partial charge is 0.395 e. The number of hydrogen-bond donors (Lipinski definition) is 1. The molecular formula is C10H18N2O2S3. The van der Waals surface area contributed by atoms with Crippen LogP contribution in [0.1, 0.15) is 12.8 Å². The molecule has 0 spiro atoms. The molecule has 0 aliphatic rings. The summed E-state index contributed by atoms with van der Waals surface area (Å²) >= 11 is 14.1. The minimum absolute atomic E-state index is 0.113. The molecule has 0 N–H and O–H groups in total. The first kappa shape index (κ1) is 16.6. The molecule has 0 atom stereocenters. The lowest BCUT2D eigenvalue weighted by atomic mass is 10.0. The fraction of sp³-hybridized carbons (Fsp3) is 0.700. The Bertz CT molecular complexity index is 286. The van der Waals surface area contributed by atoms with Gasteiger partial charge in [-0.1, -0.05) is 24.4 Å². The smallest absolute Gasteiger partial charge is 0.317 e. The molecule has 0 amide bonds. The van der Waals surface area contributed by atoms with E-state index < -0.39 is 0 Å². The molecule has 0 aliphatic carbocycles. The fourth-order valence-corrected chi connectivity index (χ4v) is 1.91. The Morgan fingerprint density at radius 1 is 1.18 bits per heavy atom. The highest BCUT2D eigenvalue weighted by atomic mass is 32.1. The third-order valence-corrected chi connectivity index (χ3v) is 3.72. The normalized spacial score (nSPS) is 10.0. The number of nitrogens with zero attached hydrogens (tertiary/aromatic N) is 2. The van der Waals surface area contributed by atoms with E-state index in [-0.39, 0.29) is 18.3 Å². The van der Waals surface area contributed by atoms with Crippen molar-refractivity contribution in [2.45, 2.75) is 12.8 Å². The van der Waals surface area contributed by atoms with Crippen LogP contribution in [0.4, 0.5) is 0 Å². The molecule has 98 valence electrons. The Hall–Kier alpha value is -0.400. The molecule has 4 nitrogen and oxygen atoms in total. The Morgan fingerprint density at radius 3 is 1.88 bits per heavy atom. The molecule has 0 aromatic heterocycles. The van der Waals surface area contributed by atoms with Gasteiger partial charge in [0.25, 0.3) is 0 Å². The Morgan fingerprint density at radius 2 is 1.59 bits per heavy atom. The Kier molecular flexibility index (Phi) is 7.65. The monoisotopic (exact) mass is 294 g/mol. The topological polar surface area (TPSA) is 32.8 Å². The molecule has 0 aromatic carbocycles. The van der Waals surface area contributed by atoms with Gasteiger partial charge in [0.05, 0.1) is 15.9 Å². The second kappa shape index (κ2) is 7.84. The Balaban J connectivity index is 4.69. The van der Waals surface area contributed by atoms with E-state index >= 15 is 0 Å². The van der Waals surface area contributed by atoms with Crippen molar-refractivity contribution in [1.29, 1.82) is 0 Å². The quantitative estimate of drug-likeness (QED) is 0.471. The summed E-state index contributed by atoms with van der Waals surface area (Å²) in [6.07, 6.45) is 0.781. The maximum atomic E-state index is 11.1. The van der Waals surface area contributed by atoms with E-state index in [1.165, 1.54) is 0 Å². The average Bonchev–Trinajstić information content (AvgIpc) is 2.27. The standard InChI is InChI=1S/C10H18N2O2S3/c1-11(2)9(15)7(10(16)12(3)4)5-6-8(13)14-17/h7,17H,5-6H2,1-4H3. The number of thiocarbonyl (C=S) groups is 2. The van der Waals surface area contributed by atoms with Gasteiger partial charge in [0.2, 0.25) is 0 Å². The first-order valence-corrected chi connectivity index (χ1v) is 6.26. The predicted octanol–water partition coefficient (Wildman–Crippen LogP) is 1.55. The molecule has 0 rings (SSSR count). The van der Waals surface area contributed by atoms with Gasteiger partial charge in [-0.2, -0.15) is 0 Å². The van der Waals surface area contributed by atoms with Crippen LogP contribution < -0.4 is 0 Å². The molecule has 17 heavy (non-hydrogen) atoms. The van der Waals surface area contributed by atoms with Gasteiger partial charge in [-0.15, -0.1) is 0 Å². The van der Waals surface area contributed by atoms with Gasteiger partial charge in [-0.25, -0.2) is 0 Å². The fourth-order valence-electron chi connectivity index (χ4n) is 1.28. The molecule has 0 unspecified atom stereocenters. The van der Waals surface area contributed by atoms with E-state index in [0.29, 0.717) is 6.42 Å². The molecule has 0 heterocycles. The van der Waals surface area contributed by atoms with E-state index in [1.54, 1.807) is 0 Å². The minimum atomic E-state index is -0.374. The maximum Gasteiger partial charge on any atom is 0.317 e. The van der Waals surface area contributed by atoms with E-state index in [2.05, 4.69) is 17.1 Å². The molecule has 7 heteroatoms. The molecular weight excluding hydrogens is 276 g/mol. The van der Waals surface area contributed by atoms with Crippen molar-refractivity contribution in [1.82, 2.24) is 9.80 Å². The molecule has 0 radical (unpaired) electrons. The van der Waals surface area contributed by atoms with Crippen LogP contribution in [0.25, 0.3) is 0 Å². The van der Waals surface area contributed by atoms with E-state index in [9.17, 15) is 4.79 Å². The zero-order valence-electron chi connectivity index (χ0n) is 10.5. The maximum absolute atomic E-state index is 11.1. The number of rotatable bonds is 5. The Labute approximate surface area is 119 Å². The summed E-state index contributed by atoms with van der Waals surface area (Å²) in [7, 11) is 7.46. The lowest BCUT2D eigenvalue weighted by Crippen LogP contribution is -2.38. The van der Waals surface area contributed by atoms with Crippen LogP contribution >= 0.6 is 37.3 Å². The highest BCUT2D eigenvalue weighted by Crippen LogP contribution is 2.16. The summed E-state index contributed by atoms with van der Waals surface area (Å²) in [5.41, 5.74) is 0. The van der Waals surface area contributed by atoms with Crippen molar-refractivity contribution >= 4 is 53.3 Å². The van der Waals surface area contributed by atoms with Crippen LogP contribution in [0, 0.1) is 5.92 Å². The molecule has 0 aromatic rings.